The smallest absolute Gasteiger partial charge is 0.338 e. The van der Waals surface area contributed by atoms with Gasteiger partial charge in [0, 0.05) is 12.6 Å². The minimum atomic E-state index is -0.399. The van der Waals surface area contributed by atoms with E-state index in [1.165, 1.54) is 11.8 Å². The Morgan fingerprint density at radius 2 is 2.11 bits per heavy atom. The second kappa shape index (κ2) is 8.47. The van der Waals surface area contributed by atoms with Gasteiger partial charge in [-0.15, -0.1) is 0 Å². The van der Waals surface area contributed by atoms with E-state index in [1.54, 1.807) is 39.0 Å². The SMILES string of the molecule is CCOC(=O)c1ccc2c(c1)nc(S[C@@H](C)C(=O)Nc1cc(C)on1)n2CC. The van der Waals surface area contributed by atoms with Crippen LogP contribution in [0.15, 0.2) is 33.9 Å². The van der Waals surface area contributed by atoms with Crippen LogP contribution in [-0.4, -0.2) is 38.4 Å². The highest BCUT2D eigenvalue weighted by atomic mass is 32.2. The van der Waals surface area contributed by atoms with Crippen molar-refractivity contribution in [3.8, 4) is 0 Å². The number of rotatable bonds is 7. The number of aryl methyl sites for hydroxylation is 2. The molecule has 0 bridgehead atoms. The quantitative estimate of drug-likeness (QED) is 0.476. The molecular weight excluding hydrogens is 380 g/mol. The van der Waals surface area contributed by atoms with Gasteiger partial charge in [0.15, 0.2) is 11.0 Å². The maximum atomic E-state index is 12.4. The van der Waals surface area contributed by atoms with Gasteiger partial charge in [0.2, 0.25) is 5.91 Å². The van der Waals surface area contributed by atoms with E-state index < -0.39 is 5.25 Å². The fraction of sp³-hybridized carbons (Fsp3) is 0.368. The number of thioether (sulfide) groups is 1. The molecule has 8 nitrogen and oxygen atoms in total. The van der Waals surface area contributed by atoms with Crippen LogP contribution in [0.1, 0.15) is 36.9 Å². The van der Waals surface area contributed by atoms with Crippen LogP contribution in [0.25, 0.3) is 11.0 Å². The number of aromatic nitrogens is 3. The minimum absolute atomic E-state index is 0.194. The molecule has 1 amide bonds. The molecule has 0 unspecified atom stereocenters. The number of nitrogens with one attached hydrogen (secondary N) is 1. The van der Waals surface area contributed by atoms with Crippen molar-refractivity contribution in [1.29, 1.82) is 0 Å². The van der Waals surface area contributed by atoms with E-state index in [4.69, 9.17) is 9.26 Å². The van der Waals surface area contributed by atoms with Gasteiger partial charge in [-0.1, -0.05) is 16.9 Å². The third-order valence-corrected chi connectivity index (χ3v) is 5.16. The lowest BCUT2D eigenvalue weighted by Crippen LogP contribution is -2.23. The summed E-state index contributed by atoms with van der Waals surface area (Å²) in [4.78, 5) is 29.0. The number of hydrogen-bond acceptors (Lipinski definition) is 7. The summed E-state index contributed by atoms with van der Waals surface area (Å²) >= 11 is 1.34. The minimum Gasteiger partial charge on any atom is -0.462 e. The van der Waals surface area contributed by atoms with Crippen molar-refractivity contribution in [2.24, 2.45) is 0 Å². The first kappa shape index (κ1) is 19.9. The molecule has 9 heteroatoms. The van der Waals surface area contributed by atoms with E-state index in [0.29, 0.717) is 41.0 Å². The summed E-state index contributed by atoms with van der Waals surface area (Å²) < 4.78 is 12.0. The van der Waals surface area contributed by atoms with Crippen molar-refractivity contribution in [3.05, 3.63) is 35.6 Å². The Morgan fingerprint density at radius 1 is 1.32 bits per heavy atom. The molecule has 3 aromatic rings. The van der Waals surface area contributed by atoms with Gasteiger partial charge in [-0.05, 0) is 45.9 Å². The second-order valence-corrected chi connectivity index (χ2v) is 7.44. The molecule has 0 saturated heterocycles. The van der Waals surface area contributed by atoms with Crippen LogP contribution in [-0.2, 0) is 16.1 Å². The van der Waals surface area contributed by atoms with E-state index in [0.717, 1.165) is 5.52 Å². The Hall–Kier alpha value is -2.81. The summed E-state index contributed by atoms with van der Waals surface area (Å²) in [5.74, 6) is 0.444. The number of anilines is 1. The van der Waals surface area contributed by atoms with Gasteiger partial charge in [0.05, 0.1) is 28.5 Å². The maximum absolute atomic E-state index is 12.4. The topological polar surface area (TPSA) is 99.2 Å². The number of esters is 1. The molecule has 0 saturated carbocycles. The fourth-order valence-corrected chi connectivity index (χ4v) is 3.70. The van der Waals surface area contributed by atoms with Crippen molar-refractivity contribution in [2.45, 2.75) is 44.6 Å². The van der Waals surface area contributed by atoms with Gasteiger partial charge >= 0.3 is 5.97 Å². The standard InChI is InChI=1S/C19H22N4O4S/c1-5-23-15-8-7-13(18(25)26-6-2)10-14(15)20-19(23)28-12(4)17(24)21-16-9-11(3)27-22-16/h7-10,12H,5-6H2,1-4H3,(H,21,22,24)/t12-/m0/s1. The number of ether oxygens (including phenoxy) is 1. The number of fused-ring (bicyclic) bond motifs is 1. The zero-order valence-corrected chi connectivity index (χ0v) is 17.0. The Labute approximate surface area is 166 Å². The average Bonchev–Trinajstić information content (AvgIpc) is 3.23. The van der Waals surface area contributed by atoms with Gasteiger partial charge in [0.25, 0.3) is 0 Å². The van der Waals surface area contributed by atoms with Crippen LogP contribution in [0.5, 0.6) is 0 Å². The number of nitrogens with zero attached hydrogens (tertiary/aromatic N) is 3. The lowest BCUT2D eigenvalue weighted by molar-refractivity contribution is -0.115. The predicted molar refractivity (Wildman–Crippen MR) is 107 cm³/mol. The molecular formula is C19H22N4O4S. The Morgan fingerprint density at radius 3 is 2.75 bits per heavy atom. The molecule has 2 aromatic heterocycles. The molecule has 0 spiro atoms. The maximum Gasteiger partial charge on any atom is 0.338 e. The molecule has 0 aliphatic heterocycles. The zero-order valence-electron chi connectivity index (χ0n) is 16.2. The van der Waals surface area contributed by atoms with Gasteiger partial charge < -0.3 is 19.1 Å². The highest BCUT2D eigenvalue weighted by molar-refractivity contribution is 8.00. The molecule has 0 aliphatic carbocycles. The lowest BCUT2D eigenvalue weighted by Gasteiger charge is -2.11. The monoisotopic (exact) mass is 402 g/mol. The summed E-state index contributed by atoms with van der Waals surface area (Å²) in [5, 5.41) is 6.81. The van der Waals surface area contributed by atoms with E-state index in [1.807, 2.05) is 17.6 Å². The third kappa shape index (κ3) is 4.19. The van der Waals surface area contributed by atoms with E-state index in [9.17, 15) is 9.59 Å². The summed E-state index contributed by atoms with van der Waals surface area (Å²) in [7, 11) is 0. The predicted octanol–water partition coefficient (Wildman–Crippen LogP) is 3.65. The Bertz CT molecular complexity index is 1010. The summed E-state index contributed by atoms with van der Waals surface area (Å²) in [6.07, 6.45) is 0. The lowest BCUT2D eigenvalue weighted by atomic mass is 10.2. The van der Waals surface area contributed by atoms with Crippen LogP contribution in [0.3, 0.4) is 0 Å². The Kier molecular flexibility index (Phi) is 6.03. The number of imidazole rings is 1. The van der Waals surface area contributed by atoms with Gasteiger partial charge in [-0.3, -0.25) is 4.79 Å². The molecule has 28 heavy (non-hydrogen) atoms. The van der Waals surface area contributed by atoms with Gasteiger partial charge in [-0.25, -0.2) is 9.78 Å². The fourth-order valence-electron chi connectivity index (χ4n) is 2.71. The van der Waals surface area contributed by atoms with E-state index in [2.05, 4.69) is 15.5 Å². The first-order chi connectivity index (χ1) is 13.4. The van der Waals surface area contributed by atoms with Gasteiger partial charge in [0.1, 0.15) is 5.76 Å². The molecule has 0 aliphatic rings. The number of carbonyl (C=O) groups excluding carboxylic acids is 2. The number of amides is 1. The second-order valence-electron chi connectivity index (χ2n) is 6.13. The molecule has 1 N–H and O–H groups in total. The van der Waals surface area contributed by atoms with Crippen molar-refractivity contribution in [2.75, 3.05) is 11.9 Å². The first-order valence-corrected chi connectivity index (χ1v) is 9.89. The molecule has 1 aromatic carbocycles. The number of benzene rings is 1. The summed E-state index contributed by atoms with van der Waals surface area (Å²) in [5.41, 5.74) is 2.05. The van der Waals surface area contributed by atoms with Gasteiger partial charge in [-0.2, -0.15) is 0 Å². The number of carbonyl (C=O) groups is 2. The molecule has 148 valence electrons. The van der Waals surface area contributed by atoms with Crippen molar-refractivity contribution >= 4 is 40.5 Å². The molecule has 0 radical (unpaired) electrons. The Balaban J connectivity index is 1.81. The largest absolute Gasteiger partial charge is 0.462 e. The van der Waals surface area contributed by atoms with Crippen LogP contribution in [0, 0.1) is 6.92 Å². The van der Waals surface area contributed by atoms with Crippen LogP contribution < -0.4 is 5.32 Å². The molecule has 0 fully saturated rings. The molecule has 2 heterocycles. The van der Waals surface area contributed by atoms with Crippen LogP contribution in [0.4, 0.5) is 5.82 Å². The highest BCUT2D eigenvalue weighted by Crippen LogP contribution is 2.28. The zero-order chi connectivity index (χ0) is 20.3. The molecule has 1 atom stereocenters. The third-order valence-electron chi connectivity index (χ3n) is 4.07. The van der Waals surface area contributed by atoms with Crippen molar-refractivity contribution in [1.82, 2.24) is 14.7 Å². The normalized spacial score (nSPS) is 12.1. The van der Waals surface area contributed by atoms with E-state index >= 15 is 0 Å². The summed E-state index contributed by atoms with van der Waals surface area (Å²) in [6, 6.07) is 6.96. The van der Waals surface area contributed by atoms with Crippen molar-refractivity contribution < 1.29 is 18.8 Å². The average molecular weight is 402 g/mol. The molecule has 3 rings (SSSR count). The first-order valence-electron chi connectivity index (χ1n) is 9.01. The summed E-state index contributed by atoms with van der Waals surface area (Å²) in [6.45, 7) is 8.34. The highest BCUT2D eigenvalue weighted by Gasteiger charge is 2.21. The van der Waals surface area contributed by atoms with Crippen LogP contribution in [0.2, 0.25) is 0 Å². The van der Waals surface area contributed by atoms with Crippen LogP contribution >= 0.6 is 11.8 Å². The van der Waals surface area contributed by atoms with E-state index in [-0.39, 0.29) is 11.9 Å². The van der Waals surface area contributed by atoms with Crippen molar-refractivity contribution in [3.63, 3.8) is 0 Å². The number of hydrogen-bond donors (Lipinski definition) is 1.